The summed E-state index contributed by atoms with van der Waals surface area (Å²) in [4.78, 5) is 12.1. The Balaban J connectivity index is 1.49. The zero-order chi connectivity index (χ0) is 20.6. The number of nitrogens with zero attached hydrogens (tertiary/aromatic N) is 4. The Hall–Kier alpha value is -2.53. The van der Waals surface area contributed by atoms with Crippen LogP contribution in [0.15, 0.2) is 30.6 Å². The van der Waals surface area contributed by atoms with E-state index in [2.05, 4.69) is 25.7 Å². The molecule has 3 N–H and O–H groups in total. The van der Waals surface area contributed by atoms with Gasteiger partial charge < -0.3 is 25.3 Å². The molecule has 158 valence electrons. The van der Waals surface area contributed by atoms with E-state index in [4.69, 9.17) is 19.9 Å². The number of ether oxygens (including phenoxy) is 3. The molecule has 0 aliphatic heterocycles. The number of hydrogen-bond acceptors (Lipinski definition) is 9. The van der Waals surface area contributed by atoms with Gasteiger partial charge in [0, 0.05) is 30.9 Å². The van der Waals surface area contributed by atoms with Gasteiger partial charge in [-0.1, -0.05) is 12.1 Å². The number of carbonyl (C=O) groups is 1. The molecule has 0 aliphatic rings. The summed E-state index contributed by atoms with van der Waals surface area (Å²) < 4.78 is 16.2. The molecule has 0 bridgehead atoms. The number of nitrogens with two attached hydrogens (primary N) is 1. The van der Waals surface area contributed by atoms with E-state index >= 15 is 0 Å². The second kappa shape index (κ2) is 14.5. The minimum Gasteiger partial charge on any atom is -0.379 e. The van der Waals surface area contributed by atoms with Gasteiger partial charge in [-0.25, -0.2) is 0 Å². The van der Waals surface area contributed by atoms with E-state index in [0.29, 0.717) is 64.1 Å². The zero-order valence-corrected chi connectivity index (χ0v) is 16.5. The standard InChI is InChI=1S/C19H28N6O4/c20-7-1-9-27-11-13-29-14-12-28-10-2-8-21-19(26)17-5-3-16(4-6-17)18-24-22-15-23-25-18/h3-6,15H,1-2,7-14,20H2,(H,21,26). The van der Waals surface area contributed by atoms with Crippen molar-refractivity contribution in [2.45, 2.75) is 12.8 Å². The van der Waals surface area contributed by atoms with Crippen molar-refractivity contribution in [3.05, 3.63) is 36.2 Å². The lowest BCUT2D eigenvalue weighted by Gasteiger charge is -2.08. The molecule has 10 heteroatoms. The second-order valence-corrected chi connectivity index (χ2v) is 6.04. The van der Waals surface area contributed by atoms with Gasteiger partial charge in [0.15, 0.2) is 6.33 Å². The highest BCUT2D eigenvalue weighted by Crippen LogP contribution is 2.13. The first-order valence-corrected chi connectivity index (χ1v) is 9.63. The van der Waals surface area contributed by atoms with Crippen LogP contribution in [0.25, 0.3) is 11.4 Å². The molecule has 10 nitrogen and oxygen atoms in total. The lowest BCUT2D eigenvalue weighted by atomic mass is 10.1. The molecule has 0 spiro atoms. The predicted molar refractivity (Wildman–Crippen MR) is 106 cm³/mol. The van der Waals surface area contributed by atoms with Crippen molar-refractivity contribution in [3.63, 3.8) is 0 Å². The Kier molecular flexibility index (Phi) is 11.4. The van der Waals surface area contributed by atoms with E-state index < -0.39 is 0 Å². The van der Waals surface area contributed by atoms with E-state index in [1.54, 1.807) is 24.3 Å². The van der Waals surface area contributed by atoms with E-state index in [1.807, 2.05) is 0 Å². The lowest BCUT2D eigenvalue weighted by Crippen LogP contribution is -2.25. The SMILES string of the molecule is NCCCOCCOCCOCCCNC(=O)c1ccc(-c2nncnn2)cc1. The maximum Gasteiger partial charge on any atom is 0.251 e. The van der Waals surface area contributed by atoms with Crippen molar-refractivity contribution in [1.82, 2.24) is 25.7 Å². The molecule has 0 saturated heterocycles. The van der Waals surface area contributed by atoms with Crippen molar-refractivity contribution >= 4 is 5.91 Å². The molecule has 1 aromatic heterocycles. The first-order chi connectivity index (χ1) is 14.3. The van der Waals surface area contributed by atoms with E-state index in [0.717, 1.165) is 18.4 Å². The number of rotatable bonds is 15. The topological polar surface area (TPSA) is 134 Å². The van der Waals surface area contributed by atoms with Crippen LogP contribution in [0.2, 0.25) is 0 Å². The molecule has 29 heavy (non-hydrogen) atoms. The molecule has 1 heterocycles. The van der Waals surface area contributed by atoms with Crippen LogP contribution in [0.1, 0.15) is 23.2 Å². The van der Waals surface area contributed by atoms with E-state index in [9.17, 15) is 4.79 Å². The van der Waals surface area contributed by atoms with E-state index in [-0.39, 0.29) is 5.91 Å². The van der Waals surface area contributed by atoms with Crippen LogP contribution in [0.4, 0.5) is 0 Å². The molecule has 2 aromatic rings. The summed E-state index contributed by atoms with van der Waals surface area (Å²) in [6, 6.07) is 6.96. The third-order valence-electron chi connectivity index (χ3n) is 3.80. The molecule has 1 amide bonds. The summed E-state index contributed by atoms with van der Waals surface area (Å²) in [5.74, 6) is 0.277. The Labute approximate surface area is 170 Å². The maximum atomic E-state index is 12.1. The molecular weight excluding hydrogens is 376 g/mol. The van der Waals surface area contributed by atoms with Crippen molar-refractivity contribution in [1.29, 1.82) is 0 Å². The summed E-state index contributed by atoms with van der Waals surface area (Å²) in [5, 5.41) is 18.0. The fraction of sp³-hybridized carbons (Fsp3) is 0.526. The Morgan fingerprint density at radius 3 is 2.07 bits per heavy atom. The first-order valence-electron chi connectivity index (χ1n) is 9.63. The van der Waals surface area contributed by atoms with Crippen LogP contribution in [0, 0.1) is 0 Å². The number of hydrogen-bond donors (Lipinski definition) is 2. The highest BCUT2D eigenvalue weighted by Gasteiger charge is 2.07. The Morgan fingerprint density at radius 1 is 0.862 bits per heavy atom. The van der Waals surface area contributed by atoms with Gasteiger partial charge in [-0.2, -0.15) is 0 Å². The normalized spacial score (nSPS) is 10.8. The monoisotopic (exact) mass is 404 g/mol. The fourth-order valence-corrected chi connectivity index (χ4v) is 2.30. The van der Waals surface area contributed by atoms with Gasteiger partial charge in [-0.05, 0) is 31.5 Å². The third-order valence-corrected chi connectivity index (χ3v) is 3.80. The summed E-state index contributed by atoms with van der Waals surface area (Å²) in [6.07, 6.45) is 2.85. The minimum absolute atomic E-state index is 0.139. The Bertz CT molecular complexity index is 687. The summed E-state index contributed by atoms with van der Waals surface area (Å²) >= 11 is 0. The minimum atomic E-state index is -0.139. The molecule has 0 unspecified atom stereocenters. The van der Waals surface area contributed by atoms with Gasteiger partial charge in [-0.15, -0.1) is 20.4 Å². The van der Waals surface area contributed by atoms with Crippen molar-refractivity contribution in [2.24, 2.45) is 5.73 Å². The highest BCUT2D eigenvalue weighted by molar-refractivity contribution is 5.94. The zero-order valence-electron chi connectivity index (χ0n) is 16.5. The largest absolute Gasteiger partial charge is 0.379 e. The van der Waals surface area contributed by atoms with Crippen molar-refractivity contribution < 1.29 is 19.0 Å². The average Bonchev–Trinajstić information content (AvgIpc) is 2.77. The van der Waals surface area contributed by atoms with Gasteiger partial charge in [0.25, 0.3) is 5.91 Å². The van der Waals surface area contributed by atoms with E-state index in [1.165, 1.54) is 6.33 Å². The molecular formula is C19H28N6O4. The van der Waals surface area contributed by atoms with Crippen LogP contribution >= 0.6 is 0 Å². The van der Waals surface area contributed by atoms with Crippen LogP contribution in [0.5, 0.6) is 0 Å². The summed E-state index contributed by atoms with van der Waals surface area (Å²) in [5.41, 5.74) is 6.69. The Morgan fingerprint density at radius 2 is 1.45 bits per heavy atom. The van der Waals surface area contributed by atoms with Crippen molar-refractivity contribution in [3.8, 4) is 11.4 Å². The average molecular weight is 404 g/mol. The summed E-state index contributed by atoms with van der Waals surface area (Å²) in [7, 11) is 0. The summed E-state index contributed by atoms with van der Waals surface area (Å²) in [6.45, 7) is 4.56. The number of benzene rings is 1. The molecule has 1 aromatic carbocycles. The number of aromatic nitrogens is 4. The van der Waals surface area contributed by atoms with Gasteiger partial charge in [0.2, 0.25) is 5.82 Å². The number of carbonyl (C=O) groups excluding carboxylic acids is 1. The van der Waals surface area contributed by atoms with Gasteiger partial charge >= 0.3 is 0 Å². The molecule has 0 aliphatic carbocycles. The number of nitrogens with one attached hydrogen (secondary N) is 1. The lowest BCUT2D eigenvalue weighted by molar-refractivity contribution is 0.0141. The third kappa shape index (κ3) is 9.48. The quantitative estimate of drug-likeness (QED) is 0.406. The van der Waals surface area contributed by atoms with Gasteiger partial charge in [0.05, 0.1) is 26.4 Å². The number of amides is 1. The molecule has 0 atom stereocenters. The molecule has 0 fully saturated rings. The molecule has 0 radical (unpaired) electrons. The highest BCUT2D eigenvalue weighted by atomic mass is 16.5. The van der Waals surface area contributed by atoms with Crippen LogP contribution in [0.3, 0.4) is 0 Å². The smallest absolute Gasteiger partial charge is 0.251 e. The first kappa shape index (κ1) is 22.8. The van der Waals surface area contributed by atoms with Crippen LogP contribution < -0.4 is 11.1 Å². The molecule has 2 rings (SSSR count). The van der Waals surface area contributed by atoms with Crippen molar-refractivity contribution in [2.75, 3.05) is 52.7 Å². The fourth-order valence-electron chi connectivity index (χ4n) is 2.30. The predicted octanol–water partition coefficient (Wildman–Crippen LogP) is 0.452. The molecule has 0 saturated carbocycles. The van der Waals surface area contributed by atoms with Gasteiger partial charge in [-0.3, -0.25) is 4.79 Å². The second-order valence-electron chi connectivity index (χ2n) is 6.04. The maximum absolute atomic E-state index is 12.1. The van der Waals surface area contributed by atoms with Crippen LogP contribution in [-0.4, -0.2) is 79.0 Å². The van der Waals surface area contributed by atoms with Gasteiger partial charge in [0.1, 0.15) is 0 Å². The van der Waals surface area contributed by atoms with Crippen LogP contribution in [-0.2, 0) is 14.2 Å².